The van der Waals surface area contributed by atoms with Gasteiger partial charge in [-0.3, -0.25) is 53.3 Å². The van der Waals surface area contributed by atoms with Gasteiger partial charge in [-0.15, -0.1) is 0 Å². The van der Waals surface area contributed by atoms with Crippen molar-refractivity contribution in [2.75, 3.05) is 124 Å². The van der Waals surface area contributed by atoms with E-state index in [1.165, 1.54) is 0 Å². The summed E-state index contributed by atoms with van der Waals surface area (Å²) in [6, 6.07) is 15.9. The van der Waals surface area contributed by atoms with E-state index < -0.39 is 29.7 Å². The van der Waals surface area contributed by atoms with Crippen LogP contribution in [0.25, 0.3) is 28.1 Å². The fourth-order valence-electron chi connectivity index (χ4n) is 10.7. The largest absolute Gasteiger partial charge is 0.496 e. The van der Waals surface area contributed by atoms with E-state index in [1.807, 2.05) is 41.8 Å². The van der Waals surface area contributed by atoms with E-state index in [0.29, 0.717) is 138 Å². The molecule has 4 aliphatic heterocycles. The van der Waals surface area contributed by atoms with Gasteiger partial charge in [-0.25, -0.2) is 4.68 Å². The van der Waals surface area contributed by atoms with Crippen LogP contribution in [0.1, 0.15) is 57.0 Å². The maximum atomic E-state index is 13.7. The molecule has 5 heterocycles. The molecule has 4 aromatic rings. The number of halogens is 2. The van der Waals surface area contributed by atoms with Crippen molar-refractivity contribution in [3.63, 3.8) is 0 Å². The van der Waals surface area contributed by atoms with Gasteiger partial charge in [-0.2, -0.15) is 5.10 Å². The van der Waals surface area contributed by atoms with Gasteiger partial charge in [0.1, 0.15) is 23.8 Å². The molecule has 1 aromatic heterocycles. The van der Waals surface area contributed by atoms with Crippen molar-refractivity contribution >= 4 is 64.5 Å². The van der Waals surface area contributed by atoms with E-state index in [0.717, 1.165) is 0 Å². The molecule has 0 radical (unpaired) electrons. The summed E-state index contributed by atoms with van der Waals surface area (Å²) in [4.78, 5) is 85.9. The number of aliphatic carboxylic acids is 3. The zero-order valence-corrected chi connectivity index (χ0v) is 46.7. The third kappa shape index (κ3) is 15.5. The van der Waals surface area contributed by atoms with Crippen molar-refractivity contribution in [1.82, 2.24) is 44.5 Å². The molecule has 432 valence electrons. The number of benzene rings is 3. The summed E-state index contributed by atoms with van der Waals surface area (Å²) in [6.45, 7) is 7.78. The number of nitrogens with zero attached hydrogens (tertiary/aromatic N) is 8. The number of fused-ring (bicyclic) bond motifs is 3. The number of carbonyl (C=O) groups excluding carboxylic acids is 3. The second kappa shape index (κ2) is 26.9. The van der Waals surface area contributed by atoms with Gasteiger partial charge in [0.05, 0.1) is 57.9 Å². The van der Waals surface area contributed by atoms with E-state index in [1.54, 1.807) is 67.8 Å². The molecule has 25 heteroatoms. The molecule has 6 N–H and O–H groups in total. The zero-order chi connectivity index (χ0) is 57.3. The topological polar surface area (TPSA) is 272 Å². The quantitative estimate of drug-likeness (QED) is 0.0827. The van der Waals surface area contributed by atoms with Crippen LogP contribution in [0.2, 0.25) is 10.0 Å². The summed E-state index contributed by atoms with van der Waals surface area (Å²) in [6.07, 6.45) is -0.267. The molecule has 3 amide bonds. The van der Waals surface area contributed by atoms with Crippen LogP contribution in [0.3, 0.4) is 0 Å². The number of likely N-dealkylation sites (tertiary alicyclic amines) is 1. The number of amides is 3. The Labute approximate surface area is 473 Å². The van der Waals surface area contributed by atoms with Gasteiger partial charge in [0.15, 0.2) is 6.23 Å². The van der Waals surface area contributed by atoms with Gasteiger partial charge in [0.2, 0.25) is 17.7 Å². The van der Waals surface area contributed by atoms with Crippen LogP contribution in [-0.4, -0.2) is 225 Å². The van der Waals surface area contributed by atoms with Crippen molar-refractivity contribution in [1.29, 1.82) is 0 Å². The maximum absolute atomic E-state index is 13.7. The molecule has 0 saturated carbocycles. The van der Waals surface area contributed by atoms with Crippen LogP contribution < -0.4 is 20.1 Å². The number of methoxy groups -OCH3 is 1. The van der Waals surface area contributed by atoms with Crippen LogP contribution in [-0.2, 0) is 40.1 Å². The highest BCUT2D eigenvalue weighted by Gasteiger charge is 2.40. The Bertz CT molecular complexity index is 2860. The predicted molar refractivity (Wildman–Crippen MR) is 296 cm³/mol. The lowest BCUT2D eigenvalue weighted by atomic mass is 9.95. The van der Waals surface area contributed by atoms with Gasteiger partial charge >= 0.3 is 17.9 Å². The number of rotatable bonds is 18. The number of aliphatic hydroxyl groups excluding tert-OH is 1. The number of piperidine rings is 1. The third-order valence-electron chi connectivity index (χ3n) is 14.9. The highest BCUT2D eigenvalue weighted by atomic mass is 35.5. The fraction of sp³-hybridized carbons (Fsp3) is 0.509. The Balaban J connectivity index is 0.877. The lowest BCUT2D eigenvalue weighted by Gasteiger charge is -2.44. The smallest absolute Gasteiger partial charge is 0.317 e. The second-order valence-corrected chi connectivity index (χ2v) is 22.0. The van der Waals surface area contributed by atoms with E-state index >= 15 is 0 Å². The normalized spacial score (nSPS) is 18.6. The minimum absolute atomic E-state index is 0.0213. The minimum Gasteiger partial charge on any atom is -0.496 e. The van der Waals surface area contributed by atoms with Crippen molar-refractivity contribution in [2.24, 2.45) is 0 Å². The first-order valence-corrected chi connectivity index (χ1v) is 27.5. The molecule has 3 saturated heterocycles. The maximum Gasteiger partial charge on any atom is 0.317 e. The van der Waals surface area contributed by atoms with E-state index in [4.69, 9.17) is 42.5 Å². The SMILES string of the molecule is COc1cc2c(cc1-c1cccc(NC(=O)CCC(=O)NC3CCN(C(=O)CN4CCN(CC(=O)O)CCN(CC(=O)O)CCN(CC(=O)O)CC4)CC3)c1)-c1c(c(C(O)N3CCOCC3(C)C)nn1-c1cc(Cl)cc(Cl)c1)CO2. The zero-order valence-electron chi connectivity index (χ0n) is 45.2. The first-order chi connectivity index (χ1) is 38.2. The average Bonchev–Trinajstić information content (AvgIpc) is 3.88. The summed E-state index contributed by atoms with van der Waals surface area (Å²) in [5.74, 6) is -2.90. The molecule has 4 aliphatic rings. The number of nitrogens with one attached hydrogen (secondary N) is 2. The number of carboxylic acids is 3. The van der Waals surface area contributed by atoms with Gasteiger partial charge in [0, 0.05) is 135 Å². The van der Waals surface area contributed by atoms with Crippen LogP contribution in [0, 0.1) is 0 Å². The van der Waals surface area contributed by atoms with Crippen molar-refractivity contribution in [3.05, 3.63) is 75.9 Å². The molecule has 8 rings (SSSR count). The van der Waals surface area contributed by atoms with Crippen LogP contribution in [0.5, 0.6) is 11.5 Å². The number of aliphatic hydroxyl groups is 1. The summed E-state index contributed by atoms with van der Waals surface area (Å²) in [5, 5.41) is 52.4. The Morgan fingerprint density at radius 1 is 0.738 bits per heavy atom. The first kappa shape index (κ1) is 59.7. The fourth-order valence-corrected chi connectivity index (χ4v) is 11.2. The number of morpholine rings is 1. The molecular weight excluding hydrogens is 1080 g/mol. The number of anilines is 1. The molecule has 1 atom stereocenters. The summed E-state index contributed by atoms with van der Waals surface area (Å²) >= 11 is 13.1. The molecule has 80 heavy (non-hydrogen) atoms. The van der Waals surface area contributed by atoms with E-state index in [2.05, 4.69) is 10.6 Å². The molecule has 1 unspecified atom stereocenters. The van der Waals surface area contributed by atoms with Gasteiger partial charge < -0.3 is 50.2 Å². The number of hydrogen-bond donors (Lipinski definition) is 6. The lowest BCUT2D eigenvalue weighted by Crippen LogP contribution is -2.54. The molecule has 0 bridgehead atoms. The van der Waals surface area contributed by atoms with Gasteiger partial charge in [-0.1, -0.05) is 35.3 Å². The Morgan fingerprint density at radius 2 is 1.31 bits per heavy atom. The molecular formula is C55H70Cl2N10O13. The predicted octanol–water partition coefficient (Wildman–Crippen LogP) is 3.82. The molecule has 0 aliphatic carbocycles. The van der Waals surface area contributed by atoms with Gasteiger partial charge in [0.25, 0.3) is 0 Å². The summed E-state index contributed by atoms with van der Waals surface area (Å²) in [7, 11) is 1.56. The van der Waals surface area contributed by atoms with E-state index in [9.17, 15) is 49.2 Å². The number of hydrogen-bond acceptors (Lipinski definition) is 16. The van der Waals surface area contributed by atoms with E-state index in [-0.39, 0.29) is 95.6 Å². The highest BCUT2D eigenvalue weighted by molar-refractivity contribution is 6.34. The van der Waals surface area contributed by atoms with Crippen LogP contribution in [0.4, 0.5) is 5.69 Å². The monoisotopic (exact) mass is 1150 g/mol. The van der Waals surface area contributed by atoms with Crippen molar-refractivity contribution < 1.29 is 63.4 Å². The number of carbonyl (C=O) groups is 6. The summed E-state index contributed by atoms with van der Waals surface area (Å²) in [5.41, 5.74) is 4.39. The van der Waals surface area contributed by atoms with Crippen LogP contribution in [0.15, 0.2) is 54.6 Å². The minimum atomic E-state index is -1.10. The molecule has 3 aromatic carbocycles. The second-order valence-electron chi connectivity index (χ2n) is 21.2. The highest BCUT2D eigenvalue weighted by Crippen LogP contribution is 2.48. The Kier molecular flexibility index (Phi) is 20.1. The molecule has 3 fully saturated rings. The van der Waals surface area contributed by atoms with Gasteiger partial charge in [-0.05, 0) is 68.7 Å². The Morgan fingerprint density at radius 3 is 1.88 bits per heavy atom. The Hall–Kier alpha value is -6.41. The van der Waals surface area contributed by atoms with Crippen molar-refractivity contribution in [3.8, 4) is 39.6 Å². The van der Waals surface area contributed by atoms with Crippen LogP contribution >= 0.6 is 23.2 Å². The summed E-state index contributed by atoms with van der Waals surface area (Å²) < 4.78 is 19.8. The first-order valence-electron chi connectivity index (χ1n) is 26.7. The lowest BCUT2D eigenvalue weighted by molar-refractivity contribution is -0.141. The molecule has 0 spiro atoms. The number of aromatic nitrogens is 2. The van der Waals surface area contributed by atoms with Crippen molar-refractivity contribution in [2.45, 2.75) is 63.9 Å². The standard InChI is InChI=1S/C55H70Cl2N10O13/c1-55(2)34-79-22-21-66(55)54(77)52-43-33-80-45-28-44(78-3)41(27-42(45)53(43)67(60-52)40-25-36(56)24-37(57)26-40)35-5-4-6-39(23-35)59-47(69)8-7-46(68)58-38-9-11-65(12-10-38)48(70)29-61-13-15-62(30-49(71)72)17-19-64(32-51(75)76)20-18-63(16-14-61)31-50(73)74/h4-6,23-28,38,54,77H,7-22,29-34H2,1-3H3,(H,58,68)(H,59,69)(H,71,72)(H,73,74)(H,75,76). The number of ether oxygens (including phenoxy) is 3. The number of carboxylic acid groups (broad SMARTS) is 3. The third-order valence-corrected chi connectivity index (χ3v) is 15.3. The molecule has 23 nitrogen and oxygen atoms in total. The average molecular weight is 1150 g/mol.